The Morgan fingerprint density at radius 3 is 2.25 bits per heavy atom. The van der Waals surface area contributed by atoms with Crippen LogP contribution in [0.5, 0.6) is 0 Å². The van der Waals surface area contributed by atoms with Crippen molar-refractivity contribution in [2.45, 2.75) is 57.5 Å². The minimum absolute atomic E-state index is 0.0460. The van der Waals surface area contributed by atoms with Crippen LogP contribution in [0, 0.1) is 0 Å². The first-order valence-corrected chi connectivity index (χ1v) is 9.65. The highest BCUT2D eigenvalue weighted by Gasteiger charge is 2.45. The van der Waals surface area contributed by atoms with E-state index in [4.69, 9.17) is 4.43 Å². The molecule has 0 unspecified atom stereocenters. The maximum absolute atomic E-state index is 11.6. The molecule has 0 saturated carbocycles. The van der Waals surface area contributed by atoms with Crippen molar-refractivity contribution in [3.63, 3.8) is 0 Å². The number of hydrogen-bond acceptors (Lipinski definition) is 4. The van der Waals surface area contributed by atoms with Gasteiger partial charge in [-0.15, -0.1) is 0 Å². The number of rotatable bonds is 3. The second-order valence-corrected chi connectivity index (χ2v) is 11.5. The van der Waals surface area contributed by atoms with E-state index in [2.05, 4.69) is 38.6 Å². The molecule has 1 saturated heterocycles. The number of amides is 1. The molecule has 0 aromatic carbocycles. The molecule has 1 amide bonds. The molecular formula is C13H25NO5Si. The van der Waals surface area contributed by atoms with Gasteiger partial charge in [-0.1, -0.05) is 20.8 Å². The van der Waals surface area contributed by atoms with Crippen LogP contribution in [0.25, 0.3) is 0 Å². The van der Waals surface area contributed by atoms with Gasteiger partial charge in [0.25, 0.3) is 0 Å². The molecule has 1 aliphatic heterocycles. The van der Waals surface area contributed by atoms with Crippen molar-refractivity contribution < 1.29 is 23.9 Å². The smallest absolute Gasteiger partial charge is 0.410 e. The van der Waals surface area contributed by atoms with Crippen molar-refractivity contribution in [1.82, 2.24) is 4.90 Å². The van der Waals surface area contributed by atoms with Gasteiger partial charge in [-0.3, -0.25) is 4.90 Å². The van der Waals surface area contributed by atoms with Crippen LogP contribution in [-0.2, 0) is 14.0 Å². The summed E-state index contributed by atoms with van der Waals surface area (Å²) in [6.07, 6.45) is -0.536. The van der Waals surface area contributed by atoms with E-state index in [1.807, 2.05) is 0 Å². The molecule has 1 heterocycles. The lowest BCUT2D eigenvalue weighted by molar-refractivity contribution is -0.141. The van der Waals surface area contributed by atoms with E-state index >= 15 is 0 Å². The summed E-state index contributed by atoms with van der Waals surface area (Å²) < 4.78 is 10.8. The monoisotopic (exact) mass is 303 g/mol. The van der Waals surface area contributed by atoms with E-state index < -0.39 is 26.4 Å². The van der Waals surface area contributed by atoms with Crippen LogP contribution in [0.1, 0.15) is 27.2 Å². The molecule has 0 aromatic rings. The van der Waals surface area contributed by atoms with Crippen molar-refractivity contribution in [2.24, 2.45) is 0 Å². The van der Waals surface area contributed by atoms with Gasteiger partial charge >= 0.3 is 12.1 Å². The van der Waals surface area contributed by atoms with Crippen LogP contribution in [0.3, 0.4) is 0 Å². The molecule has 7 heteroatoms. The highest BCUT2D eigenvalue weighted by molar-refractivity contribution is 6.74. The number of carbonyl (C=O) groups excluding carboxylic acids is 1. The van der Waals surface area contributed by atoms with Crippen LogP contribution < -0.4 is 0 Å². The van der Waals surface area contributed by atoms with Crippen molar-refractivity contribution in [2.75, 3.05) is 13.7 Å². The Balaban J connectivity index is 2.81. The lowest BCUT2D eigenvalue weighted by atomic mass is 10.2. The second kappa shape index (κ2) is 5.73. The van der Waals surface area contributed by atoms with E-state index in [1.165, 1.54) is 12.0 Å². The first-order chi connectivity index (χ1) is 8.99. The van der Waals surface area contributed by atoms with Crippen molar-refractivity contribution >= 4 is 20.4 Å². The zero-order valence-electron chi connectivity index (χ0n) is 13.1. The molecular weight excluding hydrogens is 278 g/mol. The Morgan fingerprint density at radius 1 is 1.30 bits per heavy atom. The largest absolute Gasteiger partial charge is 0.480 e. The highest BCUT2D eigenvalue weighted by Crippen LogP contribution is 2.38. The van der Waals surface area contributed by atoms with E-state index in [-0.39, 0.29) is 17.7 Å². The molecule has 1 aliphatic rings. The van der Waals surface area contributed by atoms with Gasteiger partial charge in [0, 0.05) is 13.0 Å². The normalized spacial score (nSPS) is 23.8. The third-order valence-electron chi connectivity index (χ3n) is 4.22. The van der Waals surface area contributed by atoms with E-state index in [0.717, 1.165) is 0 Å². The molecule has 1 N–H and O–H groups in total. The van der Waals surface area contributed by atoms with Gasteiger partial charge in [0.05, 0.1) is 13.2 Å². The molecule has 20 heavy (non-hydrogen) atoms. The van der Waals surface area contributed by atoms with Crippen LogP contribution in [-0.4, -0.2) is 56.2 Å². The summed E-state index contributed by atoms with van der Waals surface area (Å²) in [6, 6.07) is -0.864. The number of carboxylic acids is 1. The van der Waals surface area contributed by atoms with Crippen LogP contribution in [0.4, 0.5) is 4.79 Å². The number of carbonyl (C=O) groups is 2. The summed E-state index contributed by atoms with van der Waals surface area (Å²) >= 11 is 0. The number of methoxy groups -OCH3 is 1. The first-order valence-electron chi connectivity index (χ1n) is 6.75. The summed E-state index contributed by atoms with van der Waals surface area (Å²) in [5.74, 6) is -1.02. The van der Waals surface area contributed by atoms with Gasteiger partial charge in [-0.05, 0) is 18.1 Å². The van der Waals surface area contributed by atoms with E-state index in [1.54, 1.807) is 0 Å². The van der Waals surface area contributed by atoms with Gasteiger partial charge in [-0.25, -0.2) is 9.59 Å². The molecule has 116 valence electrons. The molecule has 1 fully saturated rings. The molecule has 1 rings (SSSR count). The van der Waals surface area contributed by atoms with E-state index in [9.17, 15) is 14.7 Å². The molecule has 0 aliphatic carbocycles. The van der Waals surface area contributed by atoms with Crippen LogP contribution in [0.15, 0.2) is 0 Å². The van der Waals surface area contributed by atoms with Crippen molar-refractivity contribution in [1.29, 1.82) is 0 Å². The maximum Gasteiger partial charge on any atom is 0.410 e. The molecule has 0 spiro atoms. The predicted molar refractivity (Wildman–Crippen MR) is 77.2 cm³/mol. The van der Waals surface area contributed by atoms with E-state index in [0.29, 0.717) is 6.42 Å². The topological polar surface area (TPSA) is 76.1 Å². The molecule has 0 radical (unpaired) electrons. The highest BCUT2D eigenvalue weighted by atomic mass is 28.4. The van der Waals surface area contributed by atoms with Gasteiger partial charge in [-0.2, -0.15) is 0 Å². The fourth-order valence-electron chi connectivity index (χ4n) is 2.03. The quantitative estimate of drug-likeness (QED) is 0.810. The van der Waals surface area contributed by atoms with Crippen molar-refractivity contribution in [3.05, 3.63) is 0 Å². The number of hydrogen-bond donors (Lipinski definition) is 1. The average Bonchev–Trinajstić information content (AvgIpc) is 2.69. The molecule has 0 aromatic heterocycles. The number of aliphatic carboxylic acids is 1. The fourth-order valence-corrected chi connectivity index (χ4v) is 3.39. The standard InChI is InChI=1S/C13H25NO5Si/c1-13(2,3)20(5,6)19-9-7-10(11(15)16)14(8-9)12(17)18-4/h9-10H,7-8H2,1-6H3,(H,15,16)/t9-,10+/m1/s1. The molecule has 2 atom stereocenters. The minimum atomic E-state index is -1.98. The zero-order chi connectivity index (χ0) is 15.7. The SMILES string of the molecule is COC(=O)N1C[C@H](O[Si](C)(C)C(C)(C)C)C[C@H]1C(=O)O. The third kappa shape index (κ3) is 3.52. The summed E-state index contributed by atoms with van der Waals surface area (Å²) in [5.41, 5.74) is 0. The lowest BCUT2D eigenvalue weighted by Crippen LogP contribution is -2.45. The Bertz CT molecular complexity index is 391. The fraction of sp³-hybridized carbons (Fsp3) is 0.846. The zero-order valence-corrected chi connectivity index (χ0v) is 14.1. The number of ether oxygens (including phenoxy) is 1. The Kier molecular flexibility index (Phi) is 4.86. The van der Waals surface area contributed by atoms with Gasteiger partial charge in [0.15, 0.2) is 8.32 Å². The average molecular weight is 303 g/mol. The van der Waals surface area contributed by atoms with Gasteiger partial charge in [0.1, 0.15) is 6.04 Å². The van der Waals surface area contributed by atoms with Crippen LogP contribution in [0.2, 0.25) is 18.1 Å². The van der Waals surface area contributed by atoms with Gasteiger partial charge in [0.2, 0.25) is 0 Å². The predicted octanol–water partition coefficient (Wildman–Crippen LogP) is 2.30. The van der Waals surface area contributed by atoms with Crippen molar-refractivity contribution in [3.8, 4) is 0 Å². The Hall–Kier alpha value is -1.08. The summed E-state index contributed by atoms with van der Waals surface area (Å²) in [6.45, 7) is 10.9. The lowest BCUT2D eigenvalue weighted by Gasteiger charge is -2.38. The molecule has 0 bridgehead atoms. The summed E-state index contributed by atoms with van der Waals surface area (Å²) in [7, 11) is -0.727. The Morgan fingerprint density at radius 2 is 1.85 bits per heavy atom. The Labute approximate surface area is 121 Å². The molecule has 6 nitrogen and oxygen atoms in total. The number of carboxylic acid groups (broad SMARTS) is 1. The second-order valence-electron chi connectivity index (χ2n) is 6.71. The summed E-state index contributed by atoms with van der Waals surface area (Å²) in [5, 5.41) is 9.26. The van der Waals surface area contributed by atoms with Crippen LogP contribution >= 0.6 is 0 Å². The minimum Gasteiger partial charge on any atom is -0.480 e. The van der Waals surface area contributed by atoms with Gasteiger partial charge < -0.3 is 14.3 Å². The third-order valence-corrected chi connectivity index (χ3v) is 8.76. The number of nitrogens with zero attached hydrogens (tertiary/aromatic N) is 1. The maximum atomic E-state index is 11.6. The summed E-state index contributed by atoms with van der Waals surface area (Å²) in [4.78, 5) is 24.1. The number of likely N-dealkylation sites (tertiary alicyclic amines) is 1. The first kappa shape index (κ1) is 17.0.